The maximum absolute atomic E-state index is 13.3. The number of imidazole rings is 1. The number of hydrazine groups is 1. The average Bonchev–Trinajstić information content (AvgIpc) is 3.05. The predicted molar refractivity (Wildman–Crippen MR) is 101 cm³/mol. The SMILES string of the molecule is CC(C)COC(=O)N1C(=O)n2c(nc3ccccc32)CN1c1ccccc1. The van der Waals surface area contributed by atoms with E-state index in [-0.39, 0.29) is 19.1 Å². The van der Waals surface area contributed by atoms with Gasteiger partial charge in [0.2, 0.25) is 0 Å². The molecule has 0 N–H and O–H groups in total. The molecule has 0 unspecified atom stereocenters. The Morgan fingerprint density at radius 2 is 1.81 bits per heavy atom. The number of hydrogen-bond acceptors (Lipinski definition) is 5. The van der Waals surface area contributed by atoms with Gasteiger partial charge in [-0.1, -0.05) is 44.2 Å². The lowest BCUT2D eigenvalue weighted by Crippen LogP contribution is -2.55. The monoisotopic (exact) mass is 364 g/mol. The molecule has 1 aromatic heterocycles. The molecule has 0 saturated heterocycles. The summed E-state index contributed by atoms with van der Waals surface area (Å²) in [7, 11) is 0. The molecule has 2 aromatic carbocycles. The maximum Gasteiger partial charge on any atom is 0.437 e. The number of benzene rings is 2. The summed E-state index contributed by atoms with van der Waals surface area (Å²) in [5.41, 5.74) is 2.10. The number of aromatic nitrogens is 2. The van der Waals surface area contributed by atoms with Crippen LogP contribution in [-0.4, -0.2) is 33.3 Å². The number of nitrogens with zero attached hydrogens (tertiary/aromatic N) is 4. The van der Waals surface area contributed by atoms with Gasteiger partial charge in [0.1, 0.15) is 5.82 Å². The molecule has 7 heteroatoms. The summed E-state index contributed by atoms with van der Waals surface area (Å²) in [6.07, 6.45) is -0.694. The fraction of sp³-hybridized carbons (Fsp3) is 0.250. The van der Waals surface area contributed by atoms with Gasteiger partial charge in [-0.3, -0.25) is 5.01 Å². The first-order valence-corrected chi connectivity index (χ1v) is 8.86. The van der Waals surface area contributed by atoms with Crippen LogP contribution < -0.4 is 5.01 Å². The average molecular weight is 364 g/mol. The molecule has 2 amide bonds. The van der Waals surface area contributed by atoms with Crippen LogP contribution in [-0.2, 0) is 11.3 Å². The van der Waals surface area contributed by atoms with Gasteiger partial charge in [0.15, 0.2) is 0 Å². The molecule has 27 heavy (non-hydrogen) atoms. The van der Waals surface area contributed by atoms with Gasteiger partial charge in [0.05, 0.1) is 29.9 Å². The minimum atomic E-state index is -0.694. The third-order valence-electron chi connectivity index (χ3n) is 4.30. The van der Waals surface area contributed by atoms with Crippen LogP contribution in [0.5, 0.6) is 0 Å². The van der Waals surface area contributed by atoms with E-state index in [1.54, 1.807) is 5.01 Å². The molecule has 0 aliphatic carbocycles. The van der Waals surface area contributed by atoms with Crippen molar-refractivity contribution < 1.29 is 14.3 Å². The molecule has 0 radical (unpaired) electrons. The van der Waals surface area contributed by atoms with Crippen molar-refractivity contribution >= 4 is 28.8 Å². The van der Waals surface area contributed by atoms with Crippen molar-refractivity contribution in [2.24, 2.45) is 5.92 Å². The first kappa shape index (κ1) is 17.1. The number of para-hydroxylation sites is 3. The molecule has 4 rings (SSSR count). The van der Waals surface area contributed by atoms with Crippen LogP contribution in [0.4, 0.5) is 15.3 Å². The number of amides is 2. The first-order valence-electron chi connectivity index (χ1n) is 8.86. The Hall–Kier alpha value is -3.35. The van der Waals surface area contributed by atoms with Crippen LogP contribution >= 0.6 is 0 Å². The zero-order chi connectivity index (χ0) is 19.0. The fourth-order valence-electron chi connectivity index (χ4n) is 3.08. The van der Waals surface area contributed by atoms with Crippen LogP contribution in [0.3, 0.4) is 0 Å². The number of rotatable bonds is 3. The Labute approximate surface area is 156 Å². The maximum atomic E-state index is 13.3. The molecule has 1 aliphatic heterocycles. The highest BCUT2D eigenvalue weighted by Crippen LogP contribution is 2.28. The Morgan fingerprint density at radius 1 is 1.11 bits per heavy atom. The van der Waals surface area contributed by atoms with E-state index in [0.717, 1.165) is 5.01 Å². The highest BCUT2D eigenvalue weighted by Gasteiger charge is 2.38. The summed E-state index contributed by atoms with van der Waals surface area (Å²) in [5, 5.41) is 2.66. The molecule has 7 nitrogen and oxygen atoms in total. The topological polar surface area (TPSA) is 67.7 Å². The fourth-order valence-corrected chi connectivity index (χ4v) is 3.08. The predicted octanol–water partition coefficient (Wildman–Crippen LogP) is 4.03. The molecular formula is C20H20N4O3. The lowest BCUT2D eigenvalue weighted by atomic mass is 10.2. The standard InChI is InChI=1S/C20H20N4O3/c1-14(2)13-27-20(26)24-19(25)23-17-11-7-6-10-16(17)21-18(23)12-22(24)15-8-4-3-5-9-15/h3-11,14H,12-13H2,1-2H3. The molecule has 138 valence electrons. The van der Waals surface area contributed by atoms with Crippen molar-refractivity contribution in [2.75, 3.05) is 11.6 Å². The number of hydrogen-bond donors (Lipinski definition) is 0. The van der Waals surface area contributed by atoms with E-state index in [1.807, 2.05) is 68.4 Å². The van der Waals surface area contributed by atoms with Crippen molar-refractivity contribution in [1.29, 1.82) is 0 Å². The van der Waals surface area contributed by atoms with Crippen LogP contribution in [0.15, 0.2) is 54.6 Å². The molecule has 2 heterocycles. The summed E-state index contributed by atoms with van der Waals surface area (Å²) >= 11 is 0. The molecule has 0 bridgehead atoms. The lowest BCUT2D eigenvalue weighted by Gasteiger charge is -2.37. The minimum absolute atomic E-state index is 0.170. The molecule has 0 saturated carbocycles. The largest absolute Gasteiger partial charge is 0.448 e. The highest BCUT2D eigenvalue weighted by atomic mass is 16.6. The Balaban J connectivity index is 1.80. The van der Waals surface area contributed by atoms with E-state index < -0.39 is 12.1 Å². The number of fused-ring (bicyclic) bond motifs is 3. The second-order valence-corrected chi connectivity index (χ2v) is 6.81. The van der Waals surface area contributed by atoms with Gasteiger partial charge in [0.25, 0.3) is 0 Å². The summed E-state index contributed by atoms with van der Waals surface area (Å²) in [6.45, 7) is 4.41. The summed E-state index contributed by atoms with van der Waals surface area (Å²) in [5.74, 6) is 0.751. The van der Waals surface area contributed by atoms with Crippen molar-refractivity contribution in [1.82, 2.24) is 14.6 Å². The smallest absolute Gasteiger partial charge is 0.437 e. The lowest BCUT2D eigenvalue weighted by molar-refractivity contribution is 0.0931. The zero-order valence-electron chi connectivity index (χ0n) is 15.2. The number of carbonyl (C=O) groups excluding carboxylic acids is 2. The normalized spacial score (nSPS) is 14.0. The van der Waals surface area contributed by atoms with Crippen LogP contribution in [0.2, 0.25) is 0 Å². The van der Waals surface area contributed by atoms with Gasteiger partial charge in [-0.15, -0.1) is 5.01 Å². The highest BCUT2D eigenvalue weighted by molar-refractivity contribution is 6.00. The third-order valence-corrected chi connectivity index (χ3v) is 4.30. The van der Waals surface area contributed by atoms with E-state index in [4.69, 9.17) is 4.74 Å². The first-order chi connectivity index (χ1) is 13.1. The van der Waals surface area contributed by atoms with Gasteiger partial charge in [-0.05, 0) is 30.2 Å². The van der Waals surface area contributed by atoms with Crippen LogP contribution in [0, 0.1) is 5.92 Å². The van der Waals surface area contributed by atoms with Crippen molar-refractivity contribution in [2.45, 2.75) is 20.4 Å². The quantitative estimate of drug-likeness (QED) is 0.702. The minimum Gasteiger partial charge on any atom is -0.448 e. The van der Waals surface area contributed by atoms with Gasteiger partial charge < -0.3 is 4.74 Å². The van der Waals surface area contributed by atoms with Crippen LogP contribution in [0.1, 0.15) is 19.7 Å². The summed E-state index contributed by atoms with van der Waals surface area (Å²) < 4.78 is 6.84. The molecule has 0 atom stereocenters. The van der Waals surface area contributed by atoms with E-state index in [0.29, 0.717) is 22.5 Å². The number of carbonyl (C=O) groups is 2. The van der Waals surface area contributed by atoms with E-state index in [1.165, 1.54) is 4.57 Å². The Morgan fingerprint density at radius 3 is 2.56 bits per heavy atom. The van der Waals surface area contributed by atoms with Gasteiger partial charge in [-0.25, -0.2) is 19.1 Å². The van der Waals surface area contributed by atoms with Gasteiger partial charge in [0, 0.05) is 0 Å². The second-order valence-electron chi connectivity index (χ2n) is 6.81. The van der Waals surface area contributed by atoms with Crippen molar-refractivity contribution in [3.63, 3.8) is 0 Å². The zero-order valence-corrected chi connectivity index (χ0v) is 15.2. The van der Waals surface area contributed by atoms with E-state index in [2.05, 4.69) is 4.98 Å². The molecule has 3 aromatic rings. The Kier molecular flexibility index (Phi) is 4.27. The number of anilines is 1. The summed E-state index contributed by atoms with van der Waals surface area (Å²) in [4.78, 5) is 30.6. The molecule has 1 aliphatic rings. The van der Waals surface area contributed by atoms with E-state index in [9.17, 15) is 9.59 Å². The van der Waals surface area contributed by atoms with Crippen molar-refractivity contribution in [3.8, 4) is 0 Å². The van der Waals surface area contributed by atoms with Crippen molar-refractivity contribution in [3.05, 3.63) is 60.4 Å². The molecule has 0 spiro atoms. The van der Waals surface area contributed by atoms with E-state index >= 15 is 0 Å². The number of ether oxygens (including phenoxy) is 1. The third kappa shape index (κ3) is 3.01. The molecular weight excluding hydrogens is 344 g/mol. The summed E-state index contributed by atoms with van der Waals surface area (Å²) in [6, 6.07) is 16.2. The second kappa shape index (κ2) is 6.75. The number of imide groups is 1. The van der Waals surface area contributed by atoms with Crippen LogP contribution in [0.25, 0.3) is 11.0 Å². The Bertz CT molecular complexity index is 997. The molecule has 0 fully saturated rings. The van der Waals surface area contributed by atoms with Gasteiger partial charge in [-0.2, -0.15) is 0 Å². The van der Waals surface area contributed by atoms with Gasteiger partial charge >= 0.3 is 12.1 Å².